The SMILES string of the molecule is Fc1ccc(-c2csc3ncnc(N4CCN(Cc5cccnc5)CC4)c23)cc1. The lowest BCUT2D eigenvalue weighted by molar-refractivity contribution is 0.249. The zero-order valence-corrected chi connectivity index (χ0v) is 16.6. The Labute approximate surface area is 172 Å². The molecule has 0 spiro atoms. The first-order chi connectivity index (χ1) is 14.3. The summed E-state index contributed by atoms with van der Waals surface area (Å²) in [5.74, 6) is 0.742. The molecule has 0 atom stereocenters. The monoisotopic (exact) mass is 405 g/mol. The van der Waals surface area contributed by atoms with Gasteiger partial charge >= 0.3 is 0 Å². The van der Waals surface area contributed by atoms with Gasteiger partial charge in [-0.25, -0.2) is 14.4 Å². The molecule has 5 nitrogen and oxygen atoms in total. The van der Waals surface area contributed by atoms with Crippen LogP contribution in [-0.2, 0) is 6.54 Å². The molecular weight excluding hydrogens is 385 g/mol. The maximum Gasteiger partial charge on any atom is 0.141 e. The van der Waals surface area contributed by atoms with Crippen molar-refractivity contribution in [2.24, 2.45) is 0 Å². The van der Waals surface area contributed by atoms with Crippen LogP contribution in [0.1, 0.15) is 5.56 Å². The minimum absolute atomic E-state index is 0.227. The summed E-state index contributed by atoms with van der Waals surface area (Å²) in [5, 5.41) is 3.15. The Morgan fingerprint density at radius 2 is 1.83 bits per heavy atom. The second kappa shape index (κ2) is 7.85. The molecule has 4 heterocycles. The van der Waals surface area contributed by atoms with Crippen molar-refractivity contribution in [1.29, 1.82) is 0 Å². The molecule has 0 unspecified atom stereocenters. The third-order valence-corrected chi connectivity index (χ3v) is 6.19. The third-order valence-electron chi connectivity index (χ3n) is 5.31. The predicted molar refractivity (Wildman–Crippen MR) is 115 cm³/mol. The molecule has 1 saturated heterocycles. The summed E-state index contributed by atoms with van der Waals surface area (Å²) < 4.78 is 13.4. The van der Waals surface area contributed by atoms with E-state index in [2.05, 4.69) is 36.2 Å². The molecule has 1 aliphatic heterocycles. The number of benzene rings is 1. The molecule has 5 rings (SSSR count). The molecule has 1 fully saturated rings. The molecule has 29 heavy (non-hydrogen) atoms. The highest BCUT2D eigenvalue weighted by molar-refractivity contribution is 7.17. The van der Waals surface area contributed by atoms with Crippen molar-refractivity contribution in [3.63, 3.8) is 0 Å². The number of hydrogen-bond acceptors (Lipinski definition) is 6. The van der Waals surface area contributed by atoms with Gasteiger partial charge in [-0.05, 0) is 29.3 Å². The molecule has 7 heteroatoms. The fourth-order valence-electron chi connectivity index (χ4n) is 3.81. The molecule has 0 radical (unpaired) electrons. The standard InChI is InChI=1S/C22H20FN5S/c23-18-5-3-17(4-6-18)19-14-29-22-20(19)21(25-15-26-22)28-10-8-27(9-11-28)13-16-2-1-7-24-12-16/h1-7,12,14-15H,8-11,13H2. The van der Waals surface area contributed by atoms with Crippen molar-refractivity contribution in [3.05, 3.63) is 71.9 Å². The molecule has 0 amide bonds. The number of pyridine rings is 1. The van der Waals surface area contributed by atoms with Crippen LogP contribution in [0.2, 0.25) is 0 Å². The number of aromatic nitrogens is 3. The topological polar surface area (TPSA) is 45.2 Å². The van der Waals surface area contributed by atoms with E-state index in [1.807, 2.05) is 24.4 Å². The van der Waals surface area contributed by atoms with E-state index < -0.39 is 0 Å². The Bertz CT molecular complexity index is 1110. The molecule has 4 aromatic rings. The molecule has 0 aliphatic carbocycles. The first kappa shape index (κ1) is 18.1. The summed E-state index contributed by atoms with van der Waals surface area (Å²) in [5.41, 5.74) is 3.30. The number of piperazine rings is 1. The number of rotatable bonds is 4. The summed E-state index contributed by atoms with van der Waals surface area (Å²) in [4.78, 5) is 19.1. The third kappa shape index (κ3) is 3.71. The van der Waals surface area contributed by atoms with Crippen molar-refractivity contribution in [3.8, 4) is 11.1 Å². The average Bonchev–Trinajstić information content (AvgIpc) is 3.20. The smallest absolute Gasteiger partial charge is 0.141 e. The Hall–Kier alpha value is -2.90. The number of halogens is 1. The van der Waals surface area contributed by atoms with Gasteiger partial charge in [0.2, 0.25) is 0 Å². The highest BCUT2D eigenvalue weighted by Gasteiger charge is 2.22. The lowest BCUT2D eigenvalue weighted by atomic mass is 10.1. The van der Waals surface area contributed by atoms with Gasteiger partial charge in [-0.15, -0.1) is 11.3 Å². The van der Waals surface area contributed by atoms with Crippen LogP contribution in [0.5, 0.6) is 0 Å². The van der Waals surface area contributed by atoms with Crippen LogP contribution in [0.3, 0.4) is 0 Å². The number of anilines is 1. The quantitative estimate of drug-likeness (QED) is 0.509. The van der Waals surface area contributed by atoms with Crippen LogP contribution in [0.25, 0.3) is 21.3 Å². The van der Waals surface area contributed by atoms with Crippen molar-refractivity contribution in [2.45, 2.75) is 6.54 Å². The fourth-order valence-corrected chi connectivity index (χ4v) is 4.72. The Kier molecular flexibility index (Phi) is 4.91. The first-order valence-electron chi connectivity index (χ1n) is 9.62. The van der Waals surface area contributed by atoms with E-state index in [0.717, 1.165) is 59.9 Å². The lowest BCUT2D eigenvalue weighted by Crippen LogP contribution is -2.46. The van der Waals surface area contributed by atoms with Crippen LogP contribution in [0.4, 0.5) is 10.2 Å². The van der Waals surface area contributed by atoms with Crippen LogP contribution < -0.4 is 4.90 Å². The molecule has 0 saturated carbocycles. The summed E-state index contributed by atoms with van der Waals surface area (Å²) in [6, 6.07) is 10.7. The van der Waals surface area contributed by atoms with E-state index >= 15 is 0 Å². The minimum Gasteiger partial charge on any atom is -0.353 e. The Morgan fingerprint density at radius 3 is 2.59 bits per heavy atom. The van der Waals surface area contributed by atoms with E-state index in [1.54, 1.807) is 23.9 Å². The molecule has 1 aromatic carbocycles. The number of hydrogen-bond donors (Lipinski definition) is 0. The zero-order valence-electron chi connectivity index (χ0n) is 15.8. The summed E-state index contributed by atoms with van der Waals surface area (Å²) >= 11 is 1.60. The summed E-state index contributed by atoms with van der Waals surface area (Å²) in [7, 11) is 0. The van der Waals surface area contributed by atoms with Gasteiger partial charge in [-0.1, -0.05) is 18.2 Å². The number of fused-ring (bicyclic) bond motifs is 1. The highest BCUT2D eigenvalue weighted by Crippen LogP contribution is 2.38. The Balaban J connectivity index is 1.39. The van der Waals surface area contributed by atoms with Gasteiger partial charge < -0.3 is 4.90 Å². The normalized spacial score (nSPS) is 15.1. The van der Waals surface area contributed by atoms with E-state index in [9.17, 15) is 4.39 Å². The van der Waals surface area contributed by atoms with Crippen molar-refractivity contribution in [2.75, 3.05) is 31.1 Å². The molecule has 0 N–H and O–H groups in total. The van der Waals surface area contributed by atoms with Gasteiger partial charge in [-0.2, -0.15) is 0 Å². The minimum atomic E-state index is -0.227. The van der Waals surface area contributed by atoms with E-state index in [0.29, 0.717) is 0 Å². The van der Waals surface area contributed by atoms with Gasteiger partial charge in [0, 0.05) is 56.1 Å². The summed E-state index contributed by atoms with van der Waals surface area (Å²) in [6.45, 7) is 4.67. The van der Waals surface area contributed by atoms with E-state index in [-0.39, 0.29) is 5.82 Å². The highest BCUT2D eigenvalue weighted by atomic mass is 32.1. The van der Waals surface area contributed by atoms with Gasteiger partial charge in [0.15, 0.2) is 0 Å². The number of nitrogens with zero attached hydrogens (tertiary/aromatic N) is 5. The van der Waals surface area contributed by atoms with Crippen molar-refractivity contribution < 1.29 is 4.39 Å². The second-order valence-corrected chi connectivity index (χ2v) is 8.02. The van der Waals surface area contributed by atoms with Gasteiger partial charge in [-0.3, -0.25) is 9.88 Å². The lowest BCUT2D eigenvalue weighted by Gasteiger charge is -2.35. The maximum absolute atomic E-state index is 13.4. The van der Waals surface area contributed by atoms with Crippen LogP contribution >= 0.6 is 11.3 Å². The zero-order chi connectivity index (χ0) is 19.6. The van der Waals surface area contributed by atoms with Crippen molar-refractivity contribution in [1.82, 2.24) is 19.9 Å². The first-order valence-corrected chi connectivity index (χ1v) is 10.5. The fraction of sp³-hybridized carbons (Fsp3) is 0.227. The van der Waals surface area contributed by atoms with Gasteiger partial charge in [0.25, 0.3) is 0 Å². The van der Waals surface area contributed by atoms with Gasteiger partial charge in [0.1, 0.15) is 22.8 Å². The Morgan fingerprint density at radius 1 is 1.00 bits per heavy atom. The van der Waals surface area contributed by atoms with Crippen LogP contribution in [0, 0.1) is 5.82 Å². The summed E-state index contributed by atoms with van der Waals surface area (Å²) in [6.07, 6.45) is 5.38. The molecule has 3 aromatic heterocycles. The van der Waals surface area contributed by atoms with Crippen LogP contribution in [0.15, 0.2) is 60.5 Å². The maximum atomic E-state index is 13.4. The van der Waals surface area contributed by atoms with Crippen molar-refractivity contribution >= 4 is 27.4 Å². The average molecular weight is 406 g/mol. The van der Waals surface area contributed by atoms with E-state index in [4.69, 9.17) is 0 Å². The second-order valence-electron chi connectivity index (χ2n) is 7.16. The van der Waals surface area contributed by atoms with E-state index in [1.165, 1.54) is 17.7 Å². The van der Waals surface area contributed by atoms with Gasteiger partial charge in [0.05, 0.1) is 5.39 Å². The number of thiophene rings is 1. The molecule has 0 bridgehead atoms. The van der Waals surface area contributed by atoms with Crippen LogP contribution in [-0.4, -0.2) is 46.0 Å². The molecule has 146 valence electrons. The largest absolute Gasteiger partial charge is 0.353 e. The molecular formula is C22H20FN5S. The molecule has 1 aliphatic rings. The predicted octanol–water partition coefficient (Wildman–Crippen LogP) is 4.21.